The Kier molecular flexibility index (Phi) is 3.12. The lowest BCUT2D eigenvalue weighted by molar-refractivity contribution is -0.141. The van der Waals surface area contributed by atoms with Crippen LogP contribution in [0.3, 0.4) is 0 Å². The van der Waals surface area contributed by atoms with Crippen molar-refractivity contribution < 1.29 is 19.1 Å². The van der Waals surface area contributed by atoms with E-state index in [1.165, 1.54) is 6.21 Å². The minimum Gasteiger partial charge on any atom is -0.497 e. The van der Waals surface area contributed by atoms with Crippen molar-refractivity contribution in [3.05, 3.63) is 35.9 Å². The molecule has 1 aromatic carbocycles. The van der Waals surface area contributed by atoms with E-state index < -0.39 is 0 Å². The summed E-state index contributed by atoms with van der Waals surface area (Å²) in [6.07, 6.45) is 8.07. The summed E-state index contributed by atoms with van der Waals surface area (Å²) in [6.45, 7) is 0. The summed E-state index contributed by atoms with van der Waals surface area (Å²) in [5, 5.41) is 5.30. The molecule has 1 spiro atoms. The second kappa shape index (κ2) is 5.19. The highest BCUT2D eigenvalue weighted by Crippen LogP contribution is 2.73. The molecule has 1 aliphatic heterocycles. The Morgan fingerprint density at radius 2 is 1.73 bits per heavy atom. The zero-order valence-corrected chi connectivity index (χ0v) is 14.7. The first kappa shape index (κ1) is 15.6. The molecule has 2 saturated carbocycles. The van der Waals surface area contributed by atoms with Gasteiger partial charge in [0.2, 0.25) is 0 Å². The minimum absolute atomic E-state index is 0.166. The molecule has 4 aliphatic rings. The number of carbonyl (C=O) groups excluding carboxylic acids is 2. The lowest BCUT2D eigenvalue weighted by Gasteiger charge is -2.18. The Labute approximate surface area is 151 Å². The fourth-order valence-electron chi connectivity index (χ4n) is 5.24. The molecular weight excluding hydrogens is 332 g/mol. The quantitative estimate of drug-likeness (QED) is 0.473. The summed E-state index contributed by atoms with van der Waals surface area (Å²) in [4.78, 5) is 25.8. The molecule has 4 atom stereocenters. The van der Waals surface area contributed by atoms with Crippen LogP contribution in [0.5, 0.6) is 11.5 Å². The van der Waals surface area contributed by atoms with Gasteiger partial charge in [0.05, 0.1) is 32.3 Å². The van der Waals surface area contributed by atoms with E-state index in [-0.39, 0.29) is 40.9 Å². The number of hydrazone groups is 1. The minimum atomic E-state index is -0.232. The maximum atomic E-state index is 12.9. The van der Waals surface area contributed by atoms with E-state index >= 15 is 0 Å². The summed E-state index contributed by atoms with van der Waals surface area (Å²) < 4.78 is 10.5. The van der Waals surface area contributed by atoms with Crippen molar-refractivity contribution in [2.75, 3.05) is 14.2 Å². The van der Waals surface area contributed by atoms with Gasteiger partial charge in [-0.1, -0.05) is 12.2 Å². The number of carbonyl (C=O) groups is 2. The van der Waals surface area contributed by atoms with Crippen molar-refractivity contribution in [2.45, 2.75) is 12.8 Å². The SMILES string of the molecule is COc1ccc(OC)c(/C=N\N2C(=O)[C@H]3[C@H](C2=O)[C@H]2C=C[C@H]3C23CC3)c1. The number of benzene rings is 1. The number of nitrogens with zero attached hydrogens (tertiary/aromatic N) is 2. The average molecular weight is 352 g/mol. The summed E-state index contributed by atoms with van der Waals surface area (Å²) >= 11 is 0. The number of rotatable bonds is 4. The number of methoxy groups -OCH3 is 2. The molecule has 1 aromatic rings. The van der Waals surface area contributed by atoms with Crippen LogP contribution in [0, 0.1) is 29.1 Å². The lowest BCUT2D eigenvalue weighted by atomic mass is 9.85. The van der Waals surface area contributed by atoms with E-state index in [0.29, 0.717) is 17.1 Å². The van der Waals surface area contributed by atoms with E-state index in [4.69, 9.17) is 9.47 Å². The smallest absolute Gasteiger partial charge is 0.254 e. The monoisotopic (exact) mass is 352 g/mol. The van der Waals surface area contributed by atoms with Crippen molar-refractivity contribution in [2.24, 2.45) is 34.2 Å². The standard InChI is InChI=1S/C20H20N2O4/c1-25-12-3-6-15(26-2)11(9-12)10-21-22-18(23)16-13-4-5-14(17(16)19(22)24)20(13)7-8-20/h3-6,9-10,13-14,16-17H,7-8H2,1-2H3/b21-10-/t13-,14-,16-,17-/m1/s1. The topological polar surface area (TPSA) is 68.2 Å². The third kappa shape index (κ3) is 1.84. The summed E-state index contributed by atoms with van der Waals surface area (Å²) in [5.74, 6) is 0.880. The van der Waals surface area contributed by atoms with Crippen LogP contribution in [0.1, 0.15) is 18.4 Å². The summed E-state index contributed by atoms with van der Waals surface area (Å²) in [7, 11) is 3.14. The summed E-state index contributed by atoms with van der Waals surface area (Å²) in [6, 6.07) is 5.31. The molecule has 2 amide bonds. The average Bonchev–Trinajstić information content (AvgIpc) is 3.26. The van der Waals surface area contributed by atoms with Crippen molar-refractivity contribution in [3.63, 3.8) is 0 Å². The van der Waals surface area contributed by atoms with Crippen LogP contribution in [0.2, 0.25) is 0 Å². The van der Waals surface area contributed by atoms with Gasteiger partial charge in [0.1, 0.15) is 11.5 Å². The van der Waals surface area contributed by atoms with Gasteiger partial charge in [-0.05, 0) is 48.3 Å². The highest BCUT2D eigenvalue weighted by atomic mass is 16.5. The number of ether oxygens (including phenoxy) is 2. The highest BCUT2D eigenvalue weighted by Gasteiger charge is 2.73. The van der Waals surface area contributed by atoms with Gasteiger partial charge in [0.25, 0.3) is 11.8 Å². The zero-order chi connectivity index (χ0) is 18.1. The highest BCUT2D eigenvalue weighted by molar-refractivity contribution is 6.07. The normalized spacial score (nSPS) is 32.8. The summed E-state index contributed by atoms with van der Waals surface area (Å²) in [5.41, 5.74) is 0.858. The van der Waals surface area contributed by atoms with Crippen LogP contribution in [0.25, 0.3) is 0 Å². The Morgan fingerprint density at radius 3 is 2.27 bits per heavy atom. The van der Waals surface area contributed by atoms with Gasteiger partial charge in [-0.3, -0.25) is 9.59 Å². The zero-order valence-electron chi connectivity index (χ0n) is 14.7. The molecule has 0 radical (unpaired) electrons. The maximum Gasteiger partial charge on any atom is 0.254 e. The third-order valence-corrected chi connectivity index (χ3v) is 6.58. The molecule has 6 nitrogen and oxygen atoms in total. The third-order valence-electron chi connectivity index (χ3n) is 6.58. The number of allylic oxidation sites excluding steroid dienone is 2. The predicted molar refractivity (Wildman–Crippen MR) is 93.8 cm³/mol. The first-order chi connectivity index (χ1) is 12.6. The van der Waals surface area contributed by atoms with Crippen LogP contribution in [0.15, 0.2) is 35.5 Å². The van der Waals surface area contributed by atoms with Gasteiger partial charge >= 0.3 is 0 Å². The van der Waals surface area contributed by atoms with E-state index in [0.717, 1.165) is 17.9 Å². The number of fused-ring (bicyclic) bond motifs is 3. The molecule has 6 heteroatoms. The second-order valence-electron chi connectivity index (χ2n) is 7.56. The Bertz CT molecular complexity index is 837. The molecule has 134 valence electrons. The van der Waals surface area contributed by atoms with Crippen molar-refractivity contribution >= 4 is 18.0 Å². The number of amides is 2. The molecule has 0 unspecified atom stereocenters. The van der Waals surface area contributed by atoms with Crippen LogP contribution < -0.4 is 9.47 Å². The molecule has 2 bridgehead atoms. The lowest BCUT2D eigenvalue weighted by Crippen LogP contribution is -2.30. The fraction of sp³-hybridized carbons (Fsp3) is 0.450. The molecular formula is C20H20N2O4. The van der Waals surface area contributed by atoms with E-state index in [1.54, 1.807) is 32.4 Å². The van der Waals surface area contributed by atoms with E-state index in [9.17, 15) is 9.59 Å². The molecule has 0 N–H and O–H groups in total. The Hall–Kier alpha value is -2.63. The van der Waals surface area contributed by atoms with Gasteiger partial charge in [-0.15, -0.1) is 0 Å². The number of imide groups is 1. The largest absolute Gasteiger partial charge is 0.497 e. The van der Waals surface area contributed by atoms with Crippen LogP contribution in [0.4, 0.5) is 0 Å². The molecule has 3 aliphatic carbocycles. The van der Waals surface area contributed by atoms with Crippen molar-refractivity contribution in [3.8, 4) is 11.5 Å². The van der Waals surface area contributed by atoms with E-state index in [2.05, 4.69) is 17.3 Å². The van der Waals surface area contributed by atoms with Crippen LogP contribution in [-0.2, 0) is 9.59 Å². The molecule has 1 saturated heterocycles. The van der Waals surface area contributed by atoms with Gasteiger partial charge in [-0.2, -0.15) is 10.1 Å². The first-order valence-electron chi connectivity index (χ1n) is 8.93. The maximum absolute atomic E-state index is 12.9. The number of hydrogen-bond acceptors (Lipinski definition) is 5. The molecule has 5 rings (SSSR count). The molecule has 3 fully saturated rings. The fourth-order valence-corrected chi connectivity index (χ4v) is 5.24. The Balaban J connectivity index is 1.44. The first-order valence-corrected chi connectivity index (χ1v) is 8.93. The molecule has 1 heterocycles. The van der Waals surface area contributed by atoms with Crippen molar-refractivity contribution in [1.82, 2.24) is 5.01 Å². The van der Waals surface area contributed by atoms with Gasteiger partial charge < -0.3 is 9.47 Å². The van der Waals surface area contributed by atoms with Gasteiger partial charge in [0.15, 0.2) is 0 Å². The second-order valence-corrected chi connectivity index (χ2v) is 7.56. The van der Waals surface area contributed by atoms with Crippen LogP contribution >= 0.6 is 0 Å². The van der Waals surface area contributed by atoms with Gasteiger partial charge in [0, 0.05) is 5.56 Å². The van der Waals surface area contributed by atoms with Gasteiger partial charge in [-0.25, -0.2) is 0 Å². The molecule has 26 heavy (non-hydrogen) atoms. The van der Waals surface area contributed by atoms with Crippen molar-refractivity contribution in [1.29, 1.82) is 0 Å². The Morgan fingerprint density at radius 1 is 1.08 bits per heavy atom. The number of hydrogen-bond donors (Lipinski definition) is 0. The van der Waals surface area contributed by atoms with Crippen LogP contribution in [-0.4, -0.2) is 37.3 Å². The molecule has 0 aromatic heterocycles. The van der Waals surface area contributed by atoms with E-state index in [1.807, 2.05) is 0 Å². The predicted octanol–water partition coefficient (Wildman–Crippen LogP) is 2.23.